The van der Waals surface area contributed by atoms with Crippen molar-refractivity contribution in [3.63, 3.8) is 0 Å². The summed E-state index contributed by atoms with van der Waals surface area (Å²) in [5.74, 6) is -0.0368. The van der Waals surface area contributed by atoms with Crippen LogP contribution in [0.1, 0.15) is 117 Å². The number of carbonyl (C=O) groups excluding carboxylic acids is 1. The Morgan fingerprint density at radius 3 is 1.62 bits per heavy atom. The summed E-state index contributed by atoms with van der Waals surface area (Å²) < 4.78 is 4.93. The van der Waals surface area contributed by atoms with Crippen molar-refractivity contribution >= 4 is 5.97 Å². The summed E-state index contributed by atoms with van der Waals surface area (Å²) in [5, 5.41) is 0. The molecule has 0 saturated heterocycles. The summed E-state index contributed by atoms with van der Waals surface area (Å²) in [6.07, 6.45) is 25.0. The van der Waals surface area contributed by atoms with Crippen molar-refractivity contribution < 1.29 is 9.53 Å². The molecule has 0 saturated carbocycles. The second-order valence-corrected chi connectivity index (χ2v) is 6.85. The largest absolute Gasteiger partial charge is 0.466 e. The van der Waals surface area contributed by atoms with Crippen molar-refractivity contribution in [3.8, 4) is 0 Å². The van der Waals surface area contributed by atoms with E-state index < -0.39 is 0 Å². The lowest BCUT2D eigenvalue weighted by molar-refractivity contribution is -0.143. The number of rotatable bonds is 18. The van der Waals surface area contributed by atoms with Gasteiger partial charge in [-0.05, 0) is 39.0 Å². The third kappa shape index (κ3) is 19.3. The van der Waals surface area contributed by atoms with Gasteiger partial charge in [-0.2, -0.15) is 0 Å². The second-order valence-electron chi connectivity index (χ2n) is 6.85. The zero-order chi connectivity index (χ0) is 17.7. The maximum Gasteiger partial charge on any atom is 0.305 e. The molecule has 0 N–H and O–H groups in total. The summed E-state index contributed by atoms with van der Waals surface area (Å²) in [5.41, 5.74) is 0. The fraction of sp³-hybridized carbons (Fsp3) is 0.864. The lowest BCUT2D eigenvalue weighted by Crippen LogP contribution is -2.03. The monoisotopic (exact) mass is 338 g/mol. The van der Waals surface area contributed by atoms with Crippen LogP contribution in [0.4, 0.5) is 0 Å². The van der Waals surface area contributed by atoms with Crippen LogP contribution in [0.2, 0.25) is 0 Å². The van der Waals surface area contributed by atoms with Gasteiger partial charge in [-0.1, -0.05) is 83.3 Å². The molecular weight excluding hydrogens is 296 g/mol. The molecule has 0 spiro atoms. The molecule has 0 atom stereocenters. The number of hydrogen-bond donors (Lipinski definition) is 0. The molecule has 2 nitrogen and oxygen atoms in total. The predicted octanol–water partition coefficient (Wildman–Crippen LogP) is 7.37. The Balaban J connectivity index is 3.11. The van der Waals surface area contributed by atoms with E-state index in [0.717, 1.165) is 12.8 Å². The molecule has 24 heavy (non-hydrogen) atoms. The molecule has 0 aliphatic rings. The minimum Gasteiger partial charge on any atom is -0.466 e. The first-order chi connectivity index (χ1) is 11.8. The van der Waals surface area contributed by atoms with Gasteiger partial charge >= 0.3 is 5.97 Å². The van der Waals surface area contributed by atoms with Crippen LogP contribution in [-0.4, -0.2) is 12.6 Å². The number of hydrogen-bond acceptors (Lipinski definition) is 2. The van der Waals surface area contributed by atoms with E-state index in [2.05, 4.69) is 19.1 Å². The summed E-state index contributed by atoms with van der Waals surface area (Å²) in [6.45, 7) is 4.64. The van der Waals surface area contributed by atoms with Crippen LogP contribution in [-0.2, 0) is 9.53 Å². The Hall–Kier alpha value is -0.790. The summed E-state index contributed by atoms with van der Waals surface area (Å²) in [4.78, 5) is 11.2. The zero-order valence-electron chi connectivity index (χ0n) is 16.5. The third-order valence-corrected chi connectivity index (χ3v) is 4.45. The smallest absolute Gasteiger partial charge is 0.305 e. The molecule has 0 amide bonds. The van der Waals surface area contributed by atoms with Gasteiger partial charge in [0.15, 0.2) is 0 Å². The molecule has 0 aromatic carbocycles. The number of esters is 1. The SMILES string of the molecule is CCCCCCCC/C=C/CCCCCCCCCC(=O)OCC. The van der Waals surface area contributed by atoms with Gasteiger partial charge in [-0.15, -0.1) is 0 Å². The van der Waals surface area contributed by atoms with Crippen molar-refractivity contribution in [3.05, 3.63) is 12.2 Å². The van der Waals surface area contributed by atoms with Gasteiger partial charge in [-0.3, -0.25) is 4.79 Å². The van der Waals surface area contributed by atoms with E-state index >= 15 is 0 Å². The lowest BCUT2D eigenvalue weighted by atomic mass is 10.1. The predicted molar refractivity (Wildman–Crippen MR) is 105 cm³/mol. The number of allylic oxidation sites excluding steroid dienone is 2. The van der Waals surface area contributed by atoms with Crippen LogP contribution in [0.25, 0.3) is 0 Å². The van der Waals surface area contributed by atoms with Crippen LogP contribution < -0.4 is 0 Å². The molecule has 0 bridgehead atoms. The quantitative estimate of drug-likeness (QED) is 0.148. The Bertz CT molecular complexity index is 284. The molecule has 0 aliphatic heterocycles. The average Bonchev–Trinajstić information content (AvgIpc) is 2.58. The van der Waals surface area contributed by atoms with E-state index in [4.69, 9.17) is 4.74 Å². The maximum absolute atomic E-state index is 11.2. The highest BCUT2D eigenvalue weighted by Gasteiger charge is 2.00. The number of carbonyl (C=O) groups is 1. The molecule has 0 fully saturated rings. The maximum atomic E-state index is 11.2. The van der Waals surface area contributed by atoms with Gasteiger partial charge in [0.25, 0.3) is 0 Å². The van der Waals surface area contributed by atoms with Crippen LogP contribution in [0.15, 0.2) is 12.2 Å². The van der Waals surface area contributed by atoms with Crippen LogP contribution in [0.3, 0.4) is 0 Å². The van der Waals surface area contributed by atoms with E-state index in [0.29, 0.717) is 13.0 Å². The highest BCUT2D eigenvalue weighted by molar-refractivity contribution is 5.69. The molecule has 0 unspecified atom stereocenters. The van der Waals surface area contributed by atoms with Crippen LogP contribution in [0.5, 0.6) is 0 Å². The van der Waals surface area contributed by atoms with Gasteiger partial charge in [0, 0.05) is 6.42 Å². The number of unbranched alkanes of at least 4 members (excludes halogenated alkanes) is 13. The van der Waals surface area contributed by atoms with E-state index in [-0.39, 0.29) is 5.97 Å². The first-order valence-electron chi connectivity index (χ1n) is 10.6. The molecule has 142 valence electrons. The molecule has 0 heterocycles. The third-order valence-electron chi connectivity index (χ3n) is 4.45. The molecular formula is C22H42O2. The summed E-state index contributed by atoms with van der Waals surface area (Å²) in [6, 6.07) is 0. The van der Waals surface area contributed by atoms with Gasteiger partial charge in [-0.25, -0.2) is 0 Å². The molecule has 0 aromatic heterocycles. The fourth-order valence-corrected chi connectivity index (χ4v) is 2.93. The van der Waals surface area contributed by atoms with E-state index in [1.54, 1.807) is 0 Å². The molecule has 0 aromatic rings. The zero-order valence-corrected chi connectivity index (χ0v) is 16.5. The Kier molecular flexibility index (Phi) is 19.6. The minimum atomic E-state index is -0.0368. The Morgan fingerprint density at radius 2 is 1.12 bits per heavy atom. The Labute approximate surface area is 151 Å². The van der Waals surface area contributed by atoms with Crippen molar-refractivity contribution in [2.75, 3.05) is 6.61 Å². The van der Waals surface area contributed by atoms with Gasteiger partial charge in [0.05, 0.1) is 6.61 Å². The Morgan fingerprint density at radius 1 is 0.667 bits per heavy atom. The first kappa shape index (κ1) is 23.2. The van der Waals surface area contributed by atoms with E-state index in [9.17, 15) is 4.79 Å². The van der Waals surface area contributed by atoms with Crippen molar-refractivity contribution in [2.45, 2.75) is 117 Å². The van der Waals surface area contributed by atoms with Gasteiger partial charge in [0.1, 0.15) is 0 Å². The topological polar surface area (TPSA) is 26.3 Å². The summed E-state index contributed by atoms with van der Waals surface area (Å²) >= 11 is 0. The average molecular weight is 339 g/mol. The van der Waals surface area contributed by atoms with Crippen molar-refractivity contribution in [1.82, 2.24) is 0 Å². The van der Waals surface area contributed by atoms with Crippen LogP contribution in [0, 0.1) is 0 Å². The first-order valence-corrected chi connectivity index (χ1v) is 10.6. The fourth-order valence-electron chi connectivity index (χ4n) is 2.93. The normalized spacial score (nSPS) is 11.2. The van der Waals surface area contributed by atoms with Gasteiger partial charge < -0.3 is 4.74 Å². The van der Waals surface area contributed by atoms with Crippen LogP contribution >= 0.6 is 0 Å². The summed E-state index contributed by atoms with van der Waals surface area (Å²) in [7, 11) is 0. The van der Waals surface area contributed by atoms with Crippen molar-refractivity contribution in [2.24, 2.45) is 0 Å². The highest BCUT2D eigenvalue weighted by Crippen LogP contribution is 2.11. The minimum absolute atomic E-state index is 0.0368. The molecule has 2 heteroatoms. The lowest BCUT2D eigenvalue weighted by Gasteiger charge is -2.02. The van der Waals surface area contributed by atoms with Crippen molar-refractivity contribution in [1.29, 1.82) is 0 Å². The van der Waals surface area contributed by atoms with E-state index in [1.807, 2.05) is 6.92 Å². The molecule has 0 radical (unpaired) electrons. The number of ether oxygens (including phenoxy) is 1. The molecule has 0 aliphatic carbocycles. The van der Waals surface area contributed by atoms with Gasteiger partial charge in [0.2, 0.25) is 0 Å². The highest BCUT2D eigenvalue weighted by atomic mass is 16.5. The molecule has 0 rings (SSSR count). The standard InChI is InChI=1S/C22H42O2/c1-3-5-6-7-8-9-10-11-12-13-14-15-16-17-18-19-20-21-22(23)24-4-2/h11-12H,3-10,13-21H2,1-2H3/b12-11+. The van der Waals surface area contributed by atoms with E-state index in [1.165, 1.54) is 83.5 Å². The second kappa shape index (κ2) is 20.3.